The molecule has 4 nitrogen and oxygen atoms in total. The van der Waals surface area contributed by atoms with Gasteiger partial charge in [-0.15, -0.1) is 0 Å². The van der Waals surface area contributed by atoms with Gasteiger partial charge in [-0.2, -0.15) is 0 Å². The predicted octanol–water partition coefficient (Wildman–Crippen LogP) is 2.38. The van der Waals surface area contributed by atoms with Crippen LogP contribution in [0.1, 0.15) is 37.4 Å². The van der Waals surface area contributed by atoms with Crippen LogP contribution in [-0.4, -0.2) is 40.7 Å². The maximum absolute atomic E-state index is 12.1. The van der Waals surface area contributed by atoms with Gasteiger partial charge < -0.3 is 15.1 Å². The van der Waals surface area contributed by atoms with Crippen LogP contribution in [-0.2, 0) is 4.79 Å². The number of hydrogen-bond acceptors (Lipinski definition) is 3. The number of nitrogens with zero attached hydrogens (tertiary/aromatic N) is 1. The number of benzene rings is 1. The molecule has 1 aliphatic rings. The quantitative estimate of drug-likeness (QED) is 0.877. The number of carbonyl (C=O) groups excluding carboxylic acids is 1. The Hall–Kier alpha value is -1.10. The average Bonchev–Trinajstić information content (AvgIpc) is 2.84. The third-order valence-corrected chi connectivity index (χ3v) is 4.43. The zero-order chi connectivity index (χ0) is 15.4. The van der Waals surface area contributed by atoms with E-state index in [0.29, 0.717) is 17.1 Å². The second kappa shape index (κ2) is 7.25. The highest BCUT2D eigenvalue weighted by molar-refractivity contribution is 6.30. The fourth-order valence-electron chi connectivity index (χ4n) is 2.81. The van der Waals surface area contributed by atoms with Gasteiger partial charge in [0.1, 0.15) is 0 Å². The molecule has 0 radical (unpaired) electrons. The van der Waals surface area contributed by atoms with Crippen LogP contribution in [0.2, 0.25) is 5.02 Å². The van der Waals surface area contributed by atoms with Gasteiger partial charge in [-0.25, -0.2) is 0 Å². The second-order valence-electron chi connectivity index (χ2n) is 5.80. The highest BCUT2D eigenvalue weighted by Gasteiger charge is 2.28. The summed E-state index contributed by atoms with van der Waals surface area (Å²) in [5.74, 6) is 0.0446. The van der Waals surface area contributed by atoms with Crippen LogP contribution in [0.3, 0.4) is 0 Å². The normalized spacial score (nSPS) is 23.0. The van der Waals surface area contributed by atoms with Crippen molar-refractivity contribution in [3.63, 3.8) is 0 Å². The van der Waals surface area contributed by atoms with Crippen molar-refractivity contribution in [3.8, 4) is 0 Å². The van der Waals surface area contributed by atoms with E-state index in [1.54, 1.807) is 36.2 Å². The molecule has 5 heteroatoms. The van der Waals surface area contributed by atoms with Crippen molar-refractivity contribution >= 4 is 17.5 Å². The molecule has 2 N–H and O–H groups in total. The van der Waals surface area contributed by atoms with Crippen molar-refractivity contribution in [2.75, 3.05) is 13.6 Å². The van der Waals surface area contributed by atoms with Crippen LogP contribution in [0.25, 0.3) is 0 Å². The van der Waals surface area contributed by atoms with Crippen LogP contribution in [0.4, 0.5) is 0 Å². The van der Waals surface area contributed by atoms with Crippen molar-refractivity contribution in [2.24, 2.45) is 5.92 Å². The Morgan fingerprint density at radius 2 is 2.05 bits per heavy atom. The molecular formula is C16H22ClNO3. The lowest BCUT2D eigenvalue weighted by molar-refractivity contribution is -0.132. The van der Waals surface area contributed by atoms with Crippen molar-refractivity contribution in [2.45, 2.75) is 37.9 Å². The molecular weight excluding hydrogens is 290 g/mol. The second-order valence-corrected chi connectivity index (χ2v) is 6.24. The Bertz CT molecular complexity index is 477. The zero-order valence-corrected chi connectivity index (χ0v) is 13.0. The van der Waals surface area contributed by atoms with Crippen molar-refractivity contribution in [1.82, 2.24) is 4.90 Å². The third kappa shape index (κ3) is 4.43. The molecule has 0 spiro atoms. The van der Waals surface area contributed by atoms with Gasteiger partial charge in [-0.1, -0.05) is 30.2 Å². The molecule has 0 aromatic heterocycles. The molecule has 1 fully saturated rings. The predicted molar refractivity (Wildman–Crippen MR) is 82.0 cm³/mol. The van der Waals surface area contributed by atoms with Crippen LogP contribution >= 0.6 is 11.6 Å². The molecule has 3 unspecified atom stereocenters. The first-order valence-corrected chi connectivity index (χ1v) is 7.70. The number of halogens is 1. The van der Waals surface area contributed by atoms with Crippen molar-refractivity contribution in [3.05, 3.63) is 34.9 Å². The van der Waals surface area contributed by atoms with Crippen LogP contribution in [0.5, 0.6) is 0 Å². The monoisotopic (exact) mass is 311 g/mol. The number of aliphatic hydroxyl groups is 2. The lowest BCUT2D eigenvalue weighted by Gasteiger charge is -2.24. The van der Waals surface area contributed by atoms with Gasteiger partial charge in [0.2, 0.25) is 5.91 Å². The highest BCUT2D eigenvalue weighted by atomic mass is 35.5. The van der Waals surface area contributed by atoms with Gasteiger partial charge in [0.25, 0.3) is 0 Å². The summed E-state index contributed by atoms with van der Waals surface area (Å²) in [6.45, 7) is 0.549. The lowest BCUT2D eigenvalue weighted by Crippen LogP contribution is -2.35. The average molecular weight is 312 g/mol. The van der Waals surface area contributed by atoms with Gasteiger partial charge >= 0.3 is 0 Å². The van der Waals surface area contributed by atoms with Gasteiger partial charge in [-0.3, -0.25) is 4.79 Å². The Kier molecular flexibility index (Phi) is 5.62. The Balaban J connectivity index is 1.86. The Morgan fingerprint density at radius 1 is 1.38 bits per heavy atom. The summed E-state index contributed by atoms with van der Waals surface area (Å²) >= 11 is 5.80. The fraction of sp³-hybridized carbons (Fsp3) is 0.562. The molecule has 1 saturated carbocycles. The maximum atomic E-state index is 12.1. The van der Waals surface area contributed by atoms with E-state index in [-0.39, 0.29) is 24.3 Å². The molecule has 0 aliphatic heterocycles. The number of hydrogen-bond donors (Lipinski definition) is 2. The molecule has 3 atom stereocenters. The lowest BCUT2D eigenvalue weighted by atomic mass is 10.0. The van der Waals surface area contributed by atoms with E-state index in [1.807, 2.05) is 0 Å². The first-order chi connectivity index (χ1) is 9.97. The van der Waals surface area contributed by atoms with Gasteiger partial charge in [0.15, 0.2) is 0 Å². The van der Waals surface area contributed by atoms with E-state index < -0.39 is 6.10 Å². The molecule has 1 amide bonds. The van der Waals surface area contributed by atoms with E-state index in [1.165, 1.54) is 0 Å². The first-order valence-electron chi connectivity index (χ1n) is 7.33. The van der Waals surface area contributed by atoms with Crippen molar-refractivity contribution in [1.29, 1.82) is 0 Å². The molecule has 0 heterocycles. The van der Waals surface area contributed by atoms with E-state index in [2.05, 4.69) is 0 Å². The number of amides is 1. The first kappa shape index (κ1) is 16.3. The molecule has 2 rings (SSSR count). The maximum Gasteiger partial charge on any atom is 0.225 e. The van der Waals surface area contributed by atoms with Crippen LogP contribution < -0.4 is 0 Å². The summed E-state index contributed by atoms with van der Waals surface area (Å²) < 4.78 is 0. The summed E-state index contributed by atoms with van der Waals surface area (Å²) in [6, 6.07) is 6.84. The van der Waals surface area contributed by atoms with Crippen LogP contribution in [0, 0.1) is 5.92 Å². The zero-order valence-electron chi connectivity index (χ0n) is 12.2. The summed E-state index contributed by atoms with van der Waals surface area (Å²) in [7, 11) is 1.72. The smallest absolute Gasteiger partial charge is 0.225 e. The fourth-order valence-corrected chi connectivity index (χ4v) is 2.93. The Labute approximate surface area is 130 Å². The molecule has 1 aliphatic carbocycles. The minimum absolute atomic E-state index is 0.0426. The summed E-state index contributed by atoms with van der Waals surface area (Å²) in [5, 5.41) is 20.5. The highest BCUT2D eigenvalue weighted by Crippen LogP contribution is 2.26. The van der Waals surface area contributed by atoms with Gasteiger partial charge in [0, 0.05) is 24.5 Å². The summed E-state index contributed by atoms with van der Waals surface area (Å²) in [4.78, 5) is 13.8. The Morgan fingerprint density at radius 3 is 2.62 bits per heavy atom. The third-order valence-electron chi connectivity index (χ3n) is 4.18. The SMILES string of the molecule is CN(CC1CCCC1O)C(=O)CC(O)c1ccc(Cl)cc1. The molecule has 1 aromatic rings. The van der Waals surface area contributed by atoms with Gasteiger partial charge in [-0.05, 0) is 30.5 Å². The number of carbonyl (C=O) groups is 1. The van der Waals surface area contributed by atoms with E-state index in [4.69, 9.17) is 11.6 Å². The topological polar surface area (TPSA) is 60.8 Å². The minimum atomic E-state index is -0.828. The minimum Gasteiger partial charge on any atom is -0.393 e. The number of aliphatic hydroxyl groups excluding tert-OH is 2. The van der Waals surface area contributed by atoms with Gasteiger partial charge in [0.05, 0.1) is 18.6 Å². The van der Waals surface area contributed by atoms with E-state index in [0.717, 1.165) is 19.3 Å². The van der Waals surface area contributed by atoms with Crippen LogP contribution in [0.15, 0.2) is 24.3 Å². The molecule has 0 saturated heterocycles. The molecule has 1 aromatic carbocycles. The summed E-state index contributed by atoms with van der Waals surface area (Å²) in [5.41, 5.74) is 0.682. The van der Waals surface area contributed by atoms with Crippen molar-refractivity contribution < 1.29 is 15.0 Å². The molecule has 116 valence electrons. The number of rotatable bonds is 5. The van der Waals surface area contributed by atoms with E-state index in [9.17, 15) is 15.0 Å². The molecule has 0 bridgehead atoms. The summed E-state index contributed by atoms with van der Waals surface area (Å²) in [6.07, 6.45) is 1.70. The van der Waals surface area contributed by atoms with E-state index >= 15 is 0 Å². The molecule has 21 heavy (non-hydrogen) atoms. The standard InChI is InChI=1S/C16H22ClNO3/c1-18(10-12-3-2-4-14(12)19)16(21)9-15(20)11-5-7-13(17)8-6-11/h5-8,12,14-15,19-20H,2-4,9-10H2,1H3. The largest absolute Gasteiger partial charge is 0.393 e.